The highest BCUT2D eigenvalue weighted by atomic mass is 16.5. The van der Waals surface area contributed by atoms with Crippen molar-refractivity contribution in [3.63, 3.8) is 0 Å². The molecule has 0 amide bonds. The molecule has 2 heteroatoms. The van der Waals surface area contributed by atoms with Crippen molar-refractivity contribution in [3.05, 3.63) is 169 Å². The fraction of sp³-hybridized carbons (Fsp3) is 0.0698. The lowest BCUT2D eigenvalue weighted by molar-refractivity contribution is 0.171. The highest BCUT2D eigenvalue weighted by Crippen LogP contribution is 2.56. The zero-order chi connectivity index (χ0) is 30.0. The summed E-state index contributed by atoms with van der Waals surface area (Å²) in [7, 11) is 0. The van der Waals surface area contributed by atoms with Gasteiger partial charge in [0, 0.05) is 33.7 Å². The second kappa shape index (κ2) is 9.97. The molecule has 0 saturated heterocycles. The Morgan fingerprint density at radius 2 is 1.11 bits per heavy atom. The van der Waals surface area contributed by atoms with E-state index >= 15 is 0 Å². The van der Waals surface area contributed by atoms with Crippen molar-refractivity contribution in [1.82, 2.24) is 0 Å². The Bertz CT molecular complexity index is 2260. The SMILES string of the molecule is C[C@]12CC=CC(N(c3cccc4ccccc34)c3cccc4ccccc34)=C1c1cc(-c3ccccc3)c3ccccc3c1O2. The van der Waals surface area contributed by atoms with Crippen LogP contribution in [0.25, 0.3) is 49.0 Å². The second-order valence-corrected chi connectivity index (χ2v) is 12.2. The number of allylic oxidation sites excluding steroid dienone is 1. The van der Waals surface area contributed by atoms with Crippen molar-refractivity contribution in [2.45, 2.75) is 18.9 Å². The molecule has 0 fully saturated rings. The van der Waals surface area contributed by atoms with Crippen LogP contribution in [0.3, 0.4) is 0 Å². The van der Waals surface area contributed by atoms with Crippen LogP contribution in [0.2, 0.25) is 0 Å². The highest BCUT2D eigenvalue weighted by Gasteiger charge is 2.45. The molecule has 0 radical (unpaired) electrons. The first-order valence-electron chi connectivity index (χ1n) is 15.7. The van der Waals surface area contributed by atoms with Gasteiger partial charge in [0.25, 0.3) is 0 Å². The molecule has 0 bridgehead atoms. The molecule has 45 heavy (non-hydrogen) atoms. The van der Waals surface area contributed by atoms with Crippen LogP contribution in [0.1, 0.15) is 18.9 Å². The molecule has 7 aromatic rings. The predicted octanol–water partition coefficient (Wildman–Crippen LogP) is 11.5. The molecular formula is C43H31NO. The van der Waals surface area contributed by atoms with Gasteiger partial charge in [0.2, 0.25) is 0 Å². The summed E-state index contributed by atoms with van der Waals surface area (Å²) in [4.78, 5) is 2.48. The smallest absolute Gasteiger partial charge is 0.137 e. The maximum Gasteiger partial charge on any atom is 0.137 e. The van der Waals surface area contributed by atoms with Crippen molar-refractivity contribution in [3.8, 4) is 16.9 Å². The number of ether oxygens (including phenoxy) is 1. The van der Waals surface area contributed by atoms with E-state index < -0.39 is 5.60 Å². The molecule has 0 N–H and O–H groups in total. The first-order chi connectivity index (χ1) is 22.2. The fourth-order valence-electron chi connectivity index (χ4n) is 7.48. The van der Waals surface area contributed by atoms with E-state index in [0.29, 0.717) is 0 Å². The Hall–Kier alpha value is -5.60. The van der Waals surface area contributed by atoms with Crippen molar-refractivity contribution >= 4 is 49.3 Å². The Kier molecular flexibility index (Phi) is 5.73. The van der Waals surface area contributed by atoms with E-state index in [9.17, 15) is 0 Å². The summed E-state index contributed by atoms with van der Waals surface area (Å²) < 4.78 is 7.09. The van der Waals surface area contributed by atoms with Crippen LogP contribution < -0.4 is 9.64 Å². The highest BCUT2D eigenvalue weighted by molar-refractivity contribution is 6.09. The van der Waals surface area contributed by atoms with Crippen LogP contribution in [0.15, 0.2) is 163 Å². The molecule has 2 aliphatic rings. The lowest BCUT2D eigenvalue weighted by atomic mass is 9.82. The molecule has 0 spiro atoms. The Labute approximate surface area is 263 Å². The lowest BCUT2D eigenvalue weighted by Crippen LogP contribution is -2.33. The predicted molar refractivity (Wildman–Crippen MR) is 189 cm³/mol. The quantitative estimate of drug-likeness (QED) is 0.206. The van der Waals surface area contributed by atoms with Gasteiger partial charge in [-0.2, -0.15) is 0 Å². The van der Waals surface area contributed by atoms with Crippen LogP contribution in [0.4, 0.5) is 11.4 Å². The van der Waals surface area contributed by atoms with Crippen LogP contribution in [0, 0.1) is 0 Å². The van der Waals surface area contributed by atoms with Gasteiger partial charge < -0.3 is 9.64 Å². The maximum atomic E-state index is 7.09. The molecule has 1 aliphatic heterocycles. The van der Waals surface area contributed by atoms with Gasteiger partial charge in [-0.1, -0.05) is 133 Å². The minimum Gasteiger partial charge on any atom is -0.481 e. The summed E-state index contributed by atoms with van der Waals surface area (Å²) in [6.45, 7) is 2.26. The summed E-state index contributed by atoms with van der Waals surface area (Å²) in [5.74, 6) is 0.972. The van der Waals surface area contributed by atoms with Crippen molar-refractivity contribution in [2.24, 2.45) is 0 Å². The summed E-state index contributed by atoms with van der Waals surface area (Å²) in [5.41, 5.74) is 7.75. The first kappa shape index (κ1) is 25.9. The summed E-state index contributed by atoms with van der Waals surface area (Å²) in [5, 5.41) is 7.22. The summed E-state index contributed by atoms with van der Waals surface area (Å²) in [6.07, 6.45) is 5.40. The lowest BCUT2D eigenvalue weighted by Gasteiger charge is -2.36. The number of rotatable bonds is 4. The normalized spacial score (nSPS) is 17.0. The summed E-state index contributed by atoms with van der Waals surface area (Å²) in [6, 6.07) is 52.4. The van der Waals surface area contributed by atoms with Crippen molar-refractivity contribution < 1.29 is 4.74 Å². The Morgan fingerprint density at radius 1 is 0.556 bits per heavy atom. The molecule has 1 heterocycles. The van der Waals surface area contributed by atoms with Gasteiger partial charge in [0.15, 0.2) is 0 Å². The summed E-state index contributed by atoms with van der Waals surface area (Å²) >= 11 is 0. The third kappa shape index (κ3) is 3.96. The Balaban J connectivity index is 1.41. The van der Waals surface area contributed by atoms with E-state index in [1.165, 1.54) is 49.2 Å². The van der Waals surface area contributed by atoms with Crippen molar-refractivity contribution in [2.75, 3.05) is 4.90 Å². The van der Waals surface area contributed by atoms with Crippen molar-refractivity contribution in [1.29, 1.82) is 0 Å². The minimum atomic E-state index is -0.516. The van der Waals surface area contributed by atoms with Gasteiger partial charge in [-0.3, -0.25) is 0 Å². The number of fused-ring (bicyclic) bond motifs is 7. The third-order valence-corrected chi connectivity index (χ3v) is 9.50. The standard InChI is InChI=1S/C43H31NO/c1-43-27-13-26-40(41(43)37-28-36(31-14-3-2-4-15-31)34-22-9-10-23-35(34)42(37)45-43)44(38-24-11-18-29-16-5-7-20-32(29)38)39-25-12-19-30-17-6-8-21-33(30)39/h2-26,28H,27H2,1H3/t43-/m0/s1. The number of benzene rings is 7. The van der Waals surface area contributed by atoms with Crippen LogP contribution >= 0.6 is 0 Å². The van der Waals surface area contributed by atoms with Gasteiger partial charge in [0.05, 0.1) is 17.1 Å². The maximum absolute atomic E-state index is 7.09. The first-order valence-corrected chi connectivity index (χ1v) is 15.7. The molecule has 0 aromatic heterocycles. The van der Waals surface area contributed by atoms with E-state index in [4.69, 9.17) is 4.74 Å². The van der Waals surface area contributed by atoms with Crippen LogP contribution in [-0.2, 0) is 0 Å². The molecule has 1 aliphatic carbocycles. The molecule has 7 aromatic carbocycles. The van der Waals surface area contributed by atoms with Crippen LogP contribution in [-0.4, -0.2) is 5.60 Å². The van der Waals surface area contributed by atoms with Crippen LogP contribution in [0.5, 0.6) is 5.75 Å². The zero-order valence-electron chi connectivity index (χ0n) is 25.1. The molecule has 1 atom stereocenters. The number of anilines is 2. The molecule has 214 valence electrons. The molecule has 9 rings (SSSR count). The zero-order valence-corrected chi connectivity index (χ0v) is 25.1. The molecule has 0 saturated carbocycles. The average Bonchev–Trinajstić information content (AvgIpc) is 3.41. The van der Waals surface area contributed by atoms with E-state index in [1.54, 1.807) is 0 Å². The van der Waals surface area contributed by atoms with E-state index in [1.807, 2.05) is 0 Å². The molecular weight excluding hydrogens is 546 g/mol. The number of hydrogen-bond acceptors (Lipinski definition) is 2. The van der Waals surface area contributed by atoms with E-state index in [0.717, 1.165) is 34.6 Å². The van der Waals surface area contributed by atoms with Gasteiger partial charge in [-0.15, -0.1) is 0 Å². The van der Waals surface area contributed by atoms with E-state index in [2.05, 4.69) is 170 Å². The van der Waals surface area contributed by atoms with Gasteiger partial charge >= 0.3 is 0 Å². The van der Waals surface area contributed by atoms with Gasteiger partial charge in [-0.25, -0.2) is 0 Å². The Morgan fingerprint density at radius 3 is 1.78 bits per heavy atom. The number of hydrogen-bond donors (Lipinski definition) is 0. The second-order valence-electron chi connectivity index (χ2n) is 12.2. The molecule has 0 unspecified atom stereocenters. The van der Waals surface area contributed by atoms with Gasteiger partial charge in [-0.05, 0) is 58.5 Å². The van der Waals surface area contributed by atoms with Gasteiger partial charge in [0.1, 0.15) is 11.4 Å². The fourth-order valence-corrected chi connectivity index (χ4v) is 7.48. The van der Waals surface area contributed by atoms with E-state index in [-0.39, 0.29) is 0 Å². The topological polar surface area (TPSA) is 12.5 Å². The number of nitrogens with zero attached hydrogens (tertiary/aromatic N) is 1. The largest absolute Gasteiger partial charge is 0.481 e. The average molecular weight is 578 g/mol. The monoisotopic (exact) mass is 577 g/mol. The third-order valence-electron chi connectivity index (χ3n) is 9.50. The minimum absolute atomic E-state index is 0.516. The molecule has 2 nitrogen and oxygen atoms in total.